The van der Waals surface area contributed by atoms with Crippen molar-refractivity contribution in [2.75, 3.05) is 6.54 Å². The monoisotopic (exact) mass is 269 g/mol. The highest BCUT2D eigenvalue weighted by Gasteiger charge is 1.99. The number of hydrogen-bond donors (Lipinski definition) is 2. The maximum absolute atomic E-state index is 11.6. The van der Waals surface area contributed by atoms with Gasteiger partial charge in [-0.15, -0.1) is 0 Å². The zero-order valence-electron chi connectivity index (χ0n) is 11.4. The Labute approximate surface area is 119 Å². The lowest BCUT2D eigenvalue weighted by atomic mass is 10.1. The quantitative estimate of drug-likeness (QED) is 0.792. The Morgan fingerprint density at radius 2 is 1.70 bits per heavy atom. The third-order valence-electron chi connectivity index (χ3n) is 2.97. The molecule has 2 rings (SSSR count). The molecule has 0 unspecified atom stereocenters. The van der Waals surface area contributed by atoms with Gasteiger partial charge >= 0.3 is 6.03 Å². The van der Waals surface area contributed by atoms with Crippen molar-refractivity contribution in [1.29, 1.82) is 0 Å². The molecule has 2 aromatic rings. The van der Waals surface area contributed by atoms with E-state index in [4.69, 9.17) is 0 Å². The fraction of sp³-hybridized carbons (Fsp3) is 0.250. The predicted octanol–water partition coefficient (Wildman–Crippen LogP) is 2.51. The number of rotatable bonds is 6. The highest BCUT2D eigenvalue weighted by molar-refractivity contribution is 5.73. The van der Waals surface area contributed by atoms with E-state index in [0.29, 0.717) is 13.1 Å². The van der Waals surface area contributed by atoms with Crippen LogP contribution in [0.1, 0.15) is 17.5 Å². The highest BCUT2D eigenvalue weighted by atomic mass is 16.2. The van der Waals surface area contributed by atoms with E-state index < -0.39 is 0 Å². The summed E-state index contributed by atoms with van der Waals surface area (Å²) < 4.78 is 0. The van der Waals surface area contributed by atoms with E-state index in [1.165, 1.54) is 5.56 Å². The number of amides is 2. The standard InChI is InChI=1S/C16H19N3O/c20-16(19-13-15-8-11-17-12-9-15)18-10-4-7-14-5-2-1-3-6-14/h1-3,5-6,8-9,11-12H,4,7,10,13H2,(H2,18,19,20). The zero-order valence-corrected chi connectivity index (χ0v) is 11.4. The molecule has 0 saturated heterocycles. The van der Waals surface area contributed by atoms with Crippen LogP contribution in [0.3, 0.4) is 0 Å². The summed E-state index contributed by atoms with van der Waals surface area (Å²) in [4.78, 5) is 15.5. The number of aromatic nitrogens is 1. The Morgan fingerprint density at radius 3 is 2.45 bits per heavy atom. The fourth-order valence-corrected chi connectivity index (χ4v) is 1.88. The van der Waals surface area contributed by atoms with Gasteiger partial charge in [0.15, 0.2) is 0 Å². The molecule has 0 aliphatic carbocycles. The number of nitrogens with zero attached hydrogens (tertiary/aromatic N) is 1. The molecule has 0 fully saturated rings. The normalized spacial score (nSPS) is 10.0. The minimum absolute atomic E-state index is 0.130. The lowest BCUT2D eigenvalue weighted by Crippen LogP contribution is -2.35. The second-order valence-electron chi connectivity index (χ2n) is 4.55. The molecule has 0 saturated carbocycles. The Kier molecular flexibility index (Phi) is 5.58. The summed E-state index contributed by atoms with van der Waals surface area (Å²) in [6.45, 7) is 1.20. The number of pyridine rings is 1. The second-order valence-corrected chi connectivity index (χ2v) is 4.55. The first-order chi connectivity index (χ1) is 9.84. The SMILES string of the molecule is O=C(NCCCc1ccccc1)NCc1ccncc1. The Balaban J connectivity index is 1.59. The molecular weight excluding hydrogens is 250 g/mol. The van der Waals surface area contributed by atoms with E-state index in [9.17, 15) is 4.79 Å². The molecule has 20 heavy (non-hydrogen) atoms. The Hall–Kier alpha value is -2.36. The van der Waals surface area contributed by atoms with Crippen LogP contribution in [0.2, 0.25) is 0 Å². The Morgan fingerprint density at radius 1 is 0.950 bits per heavy atom. The van der Waals surface area contributed by atoms with Gasteiger partial charge in [0, 0.05) is 25.5 Å². The molecule has 0 aliphatic rings. The van der Waals surface area contributed by atoms with Crippen LogP contribution in [0.5, 0.6) is 0 Å². The molecule has 0 atom stereocenters. The smallest absolute Gasteiger partial charge is 0.315 e. The van der Waals surface area contributed by atoms with Crippen molar-refractivity contribution in [3.8, 4) is 0 Å². The van der Waals surface area contributed by atoms with Gasteiger partial charge in [0.05, 0.1) is 0 Å². The summed E-state index contributed by atoms with van der Waals surface area (Å²) in [6.07, 6.45) is 5.35. The number of carbonyl (C=O) groups excluding carboxylic acids is 1. The lowest BCUT2D eigenvalue weighted by molar-refractivity contribution is 0.240. The van der Waals surface area contributed by atoms with Crippen LogP contribution in [0.15, 0.2) is 54.9 Å². The van der Waals surface area contributed by atoms with Gasteiger partial charge in [-0.25, -0.2) is 4.79 Å². The van der Waals surface area contributed by atoms with E-state index in [2.05, 4.69) is 27.8 Å². The summed E-state index contributed by atoms with van der Waals surface area (Å²) >= 11 is 0. The molecule has 0 aliphatic heterocycles. The molecule has 4 nitrogen and oxygen atoms in total. The van der Waals surface area contributed by atoms with Crippen molar-refractivity contribution in [2.45, 2.75) is 19.4 Å². The lowest BCUT2D eigenvalue weighted by Gasteiger charge is -2.07. The van der Waals surface area contributed by atoms with Crippen LogP contribution in [-0.2, 0) is 13.0 Å². The largest absolute Gasteiger partial charge is 0.338 e. The third-order valence-corrected chi connectivity index (χ3v) is 2.97. The summed E-state index contributed by atoms with van der Waals surface area (Å²) in [5, 5.41) is 5.68. The van der Waals surface area contributed by atoms with Gasteiger partial charge in [-0.05, 0) is 36.1 Å². The van der Waals surface area contributed by atoms with E-state index >= 15 is 0 Å². The van der Waals surface area contributed by atoms with Crippen LogP contribution >= 0.6 is 0 Å². The number of nitrogens with one attached hydrogen (secondary N) is 2. The molecule has 1 aromatic carbocycles. The van der Waals surface area contributed by atoms with Crippen molar-refractivity contribution < 1.29 is 4.79 Å². The molecule has 1 aromatic heterocycles. The van der Waals surface area contributed by atoms with Crippen LogP contribution in [0.25, 0.3) is 0 Å². The number of benzene rings is 1. The van der Waals surface area contributed by atoms with Crippen LogP contribution in [0.4, 0.5) is 4.79 Å². The number of urea groups is 1. The van der Waals surface area contributed by atoms with Gasteiger partial charge in [0.2, 0.25) is 0 Å². The molecule has 1 heterocycles. The van der Waals surface area contributed by atoms with E-state index in [-0.39, 0.29) is 6.03 Å². The number of aryl methyl sites for hydroxylation is 1. The van der Waals surface area contributed by atoms with Crippen molar-refractivity contribution in [1.82, 2.24) is 15.6 Å². The maximum atomic E-state index is 11.6. The first kappa shape index (κ1) is 14.1. The third kappa shape index (κ3) is 5.10. The average molecular weight is 269 g/mol. The zero-order chi connectivity index (χ0) is 14.0. The van der Waals surface area contributed by atoms with Crippen molar-refractivity contribution in [2.24, 2.45) is 0 Å². The molecular formula is C16H19N3O. The summed E-state index contributed by atoms with van der Waals surface area (Å²) in [5.74, 6) is 0. The predicted molar refractivity (Wildman–Crippen MR) is 79.2 cm³/mol. The molecule has 0 radical (unpaired) electrons. The molecule has 0 spiro atoms. The van der Waals surface area contributed by atoms with Gasteiger partial charge in [0.1, 0.15) is 0 Å². The first-order valence-corrected chi connectivity index (χ1v) is 6.79. The van der Waals surface area contributed by atoms with Crippen molar-refractivity contribution in [3.05, 3.63) is 66.0 Å². The minimum Gasteiger partial charge on any atom is -0.338 e. The van der Waals surface area contributed by atoms with Gasteiger partial charge in [0.25, 0.3) is 0 Å². The fourth-order valence-electron chi connectivity index (χ4n) is 1.88. The van der Waals surface area contributed by atoms with Crippen molar-refractivity contribution >= 4 is 6.03 Å². The topological polar surface area (TPSA) is 54.0 Å². The van der Waals surface area contributed by atoms with Crippen LogP contribution in [-0.4, -0.2) is 17.6 Å². The van der Waals surface area contributed by atoms with Crippen LogP contribution in [0, 0.1) is 0 Å². The summed E-state index contributed by atoms with van der Waals surface area (Å²) in [5.41, 5.74) is 2.34. The summed E-state index contributed by atoms with van der Waals surface area (Å²) in [6, 6.07) is 13.9. The maximum Gasteiger partial charge on any atom is 0.315 e. The van der Waals surface area contributed by atoms with E-state index in [1.54, 1.807) is 12.4 Å². The summed E-state index contributed by atoms with van der Waals surface area (Å²) in [7, 11) is 0. The minimum atomic E-state index is -0.130. The van der Waals surface area contributed by atoms with Gasteiger partial charge in [-0.2, -0.15) is 0 Å². The Bertz CT molecular complexity index is 514. The highest BCUT2D eigenvalue weighted by Crippen LogP contribution is 2.01. The molecule has 2 amide bonds. The second kappa shape index (κ2) is 7.94. The first-order valence-electron chi connectivity index (χ1n) is 6.79. The number of hydrogen-bond acceptors (Lipinski definition) is 2. The van der Waals surface area contributed by atoms with Gasteiger partial charge < -0.3 is 10.6 Å². The van der Waals surface area contributed by atoms with E-state index in [0.717, 1.165) is 18.4 Å². The average Bonchev–Trinajstić information content (AvgIpc) is 2.52. The molecule has 2 N–H and O–H groups in total. The number of carbonyl (C=O) groups is 1. The van der Waals surface area contributed by atoms with Gasteiger partial charge in [-0.3, -0.25) is 4.98 Å². The van der Waals surface area contributed by atoms with Crippen LogP contribution < -0.4 is 10.6 Å². The van der Waals surface area contributed by atoms with Gasteiger partial charge in [-0.1, -0.05) is 30.3 Å². The molecule has 4 heteroatoms. The van der Waals surface area contributed by atoms with Crippen molar-refractivity contribution in [3.63, 3.8) is 0 Å². The molecule has 0 bridgehead atoms. The molecule has 104 valence electrons. The van der Waals surface area contributed by atoms with E-state index in [1.807, 2.05) is 30.3 Å².